The molecule has 1 heterocycles. The molecule has 0 unspecified atom stereocenters. The second kappa shape index (κ2) is 5.61. The number of nitrogens with zero attached hydrogens (tertiary/aromatic N) is 1. The zero-order valence-corrected chi connectivity index (χ0v) is 12.9. The first kappa shape index (κ1) is 16.3. The van der Waals surface area contributed by atoms with Crippen molar-refractivity contribution in [1.29, 1.82) is 0 Å². The summed E-state index contributed by atoms with van der Waals surface area (Å²) in [6, 6.07) is 1.04. The van der Waals surface area contributed by atoms with Gasteiger partial charge in [-0.2, -0.15) is 0 Å². The molecule has 10 heteroatoms. The van der Waals surface area contributed by atoms with E-state index >= 15 is 0 Å². The van der Waals surface area contributed by atoms with E-state index in [4.69, 9.17) is 46.4 Å². The summed E-state index contributed by atoms with van der Waals surface area (Å²) in [5.41, 5.74) is 0.333. The molecule has 1 aromatic rings. The number of halogens is 5. The molecular weight excluding hydrogens is 369 g/mol. The zero-order valence-electron chi connectivity index (χ0n) is 9.92. The van der Waals surface area contributed by atoms with E-state index in [1.807, 2.05) is 0 Å². The van der Waals surface area contributed by atoms with Crippen molar-refractivity contribution in [3.8, 4) is 0 Å². The van der Waals surface area contributed by atoms with Gasteiger partial charge in [0.05, 0.1) is 17.1 Å². The minimum Gasteiger partial charge on any atom is -0.274 e. The summed E-state index contributed by atoms with van der Waals surface area (Å²) in [5.74, 6) is -2.60. The first-order valence-electron chi connectivity index (χ1n) is 5.34. The standard InChI is InChI=1S/C11H5Cl4FN2O3/c12-5-3-7-4(1-6(5)16)2-8(19)18(7)10(21)17-9(20)11(13,14)15/h1,3H,2H2,(H,17,20,21). The van der Waals surface area contributed by atoms with Gasteiger partial charge in [0.15, 0.2) is 0 Å². The highest BCUT2D eigenvalue weighted by molar-refractivity contribution is 6.76. The summed E-state index contributed by atoms with van der Waals surface area (Å²) in [4.78, 5) is 35.8. The molecule has 1 aromatic carbocycles. The van der Waals surface area contributed by atoms with Gasteiger partial charge in [-0.25, -0.2) is 14.1 Å². The molecule has 0 aromatic heterocycles. The van der Waals surface area contributed by atoms with E-state index in [1.54, 1.807) is 5.32 Å². The van der Waals surface area contributed by atoms with Gasteiger partial charge in [-0.05, 0) is 17.7 Å². The van der Waals surface area contributed by atoms with E-state index in [1.165, 1.54) is 0 Å². The maximum absolute atomic E-state index is 13.3. The number of fused-ring (bicyclic) bond motifs is 1. The number of carbonyl (C=O) groups is 3. The van der Waals surface area contributed by atoms with Gasteiger partial charge < -0.3 is 0 Å². The molecule has 1 N–H and O–H groups in total. The molecule has 4 amide bonds. The average Bonchev–Trinajstić information content (AvgIpc) is 2.64. The number of imide groups is 2. The van der Waals surface area contributed by atoms with Crippen LogP contribution in [0.15, 0.2) is 12.1 Å². The van der Waals surface area contributed by atoms with Gasteiger partial charge >= 0.3 is 6.03 Å². The number of urea groups is 1. The van der Waals surface area contributed by atoms with Gasteiger partial charge in [0.25, 0.3) is 9.70 Å². The number of hydrogen-bond acceptors (Lipinski definition) is 3. The van der Waals surface area contributed by atoms with Crippen LogP contribution in [0, 0.1) is 5.82 Å². The van der Waals surface area contributed by atoms with Crippen molar-refractivity contribution in [3.63, 3.8) is 0 Å². The summed E-state index contributed by atoms with van der Waals surface area (Å²) in [6.07, 6.45) is -0.210. The maximum atomic E-state index is 13.3. The van der Waals surface area contributed by atoms with Gasteiger partial charge in [0, 0.05) is 0 Å². The Kier molecular flexibility index (Phi) is 4.35. The molecule has 21 heavy (non-hydrogen) atoms. The van der Waals surface area contributed by atoms with E-state index in [0.29, 0.717) is 4.90 Å². The predicted octanol–water partition coefficient (Wildman–Crippen LogP) is 2.97. The number of amides is 4. The van der Waals surface area contributed by atoms with Crippen molar-refractivity contribution < 1.29 is 18.8 Å². The largest absolute Gasteiger partial charge is 0.335 e. The lowest BCUT2D eigenvalue weighted by atomic mass is 10.1. The molecule has 5 nitrogen and oxygen atoms in total. The van der Waals surface area contributed by atoms with Gasteiger partial charge in [-0.15, -0.1) is 0 Å². The number of benzene rings is 1. The van der Waals surface area contributed by atoms with Crippen molar-refractivity contribution in [2.24, 2.45) is 0 Å². The van der Waals surface area contributed by atoms with Crippen molar-refractivity contribution in [3.05, 3.63) is 28.5 Å². The van der Waals surface area contributed by atoms with Crippen molar-refractivity contribution >= 4 is 69.9 Å². The Balaban J connectivity index is 2.30. The number of nitrogens with one attached hydrogen (secondary N) is 1. The van der Waals surface area contributed by atoms with Crippen LogP contribution in [0.1, 0.15) is 5.56 Å². The van der Waals surface area contributed by atoms with Crippen LogP contribution in [-0.4, -0.2) is 21.6 Å². The fourth-order valence-corrected chi connectivity index (χ4v) is 2.05. The molecule has 0 aliphatic carbocycles. The molecule has 0 saturated heterocycles. The minimum absolute atomic E-state index is 0.0704. The number of carbonyl (C=O) groups excluding carboxylic acids is 3. The van der Waals surface area contributed by atoms with Crippen LogP contribution in [0.2, 0.25) is 5.02 Å². The SMILES string of the molecule is O=C1Cc2cc(F)c(Cl)cc2N1C(=O)NC(=O)C(Cl)(Cl)Cl. The minimum atomic E-state index is -2.36. The van der Waals surface area contributed by atoms with Gasteiger partial charge in [0.2, 0.25) is 5.91 Å². The average molecular weight is 374 g/mol. The first-order chi connectivity index (χ1) is 9.61. The Morgan fingerprint density at radius 2 is 1.90 bits per heavy atom. The van der Waals surface area contributed by atoms with E-state index in [0.717, 1.165) is 12.1 Å². The predicted molar refractivity (Wildman–Crippen MR) is 76.4 cm³/mol. The fraction of sp³-hybridized carbons (Fsp3) is 0.182. The monoisotopic (exact) mass is 372 g/mol. The smallest absolute Gasteiger partial charge is 0.274 e. The van der Waals surface area contributed by atoms with Crippen molar-refractivity contribution in [1.82, 2.24) is 5.32 Å². The number of alkyl halides is 3. The molecule has 1 aliphatic heterocycles. The second-order valence-corrected chi connectivity index (χ2v) is 6.75. The van der Waals surface area contributed by atoms with Crippen molar-refractivity contribution in [2.45, 2.75) is 10.2 Å². The Morgan fingerprint density at radius 3 is 2.48 bits per heavy atom. The molecule has 0 bridgehead atoms. The van der Waals surface area contributed by atoms with E-state index in [9.17, 15) is 18.8 Å². The fourth-order valence-electron chi connectivity index (χ4n) is 1.75. The third-order valence-electron chi connectivity index (χ3n) is 2.63. The molecule has 0 saturated carbocycles. The van der Waals surface area contributed by atoms with Crippen LogP contribution in [-0.2, 0) is 16.0 Å². The Bertz CT molecular complexity index is 660. The highest BCUT2D eigenvalue weighted by atomic mass is 35.6. The normalized spacial score (nSPS) is 14.1. The third kappa shape index (κ3) is 3.23. The van der Waals surface area contributed by atoms with Crippen LogP contribution in [0.3, 0.4) is 0 Å². The molecule has 1 aliphatic rings. The molecule has 112 valence electrons. The third-order valence-corrected chi connectivity index (χ3v) is 3.44. The summed E-state index contributed by atoms with van der Waals surface area (Å²) in [5, 5.41) is 1.49. The van der Waals surface area contributed by atoms with E-state index in [2.05, 4.69) is 0 Å². The second-order valence-electron chi connectivity index (χ2n) is 4.06. The summed E-state index contributed by atoms with van der Waals surface area (Å²) >= 11 is 21.5. The van der Waals surface area contributed by atoms with Crippen LogP contribution >= 0.6 is 46.4 Å². The van der Waals surface area contributed by atoms with Gasteiger partial charge in [0.1, 0.15) is 5.82 Å². The zero-order chi connectivity index (χ0) is 15.9. The Labute approximate surface area is 137 Å². The quantitative estimate of drug-likeness (QED) is 0.711. The maximum Gasteiger partial charge on any atom is 0.335 e. The summed E-state index contributed by atoms with van der Waals surface area (Å²) < 4.78 is 11.0. The van der Waals surface area contributed by atoms with Crippen LogP contribution in [0.5, 0.6) is 0 Å². The summed E-state index contributed by atoms with van der Waals surface area (Å²) in [6.45, 7) is 0. The lowest BCUT2D eigenvalue weighted by Gasteiger charge is -2.17. The topological polar surface area (TPSA) is 66.5 Å². The number of anilines is 1. The molecular formula is C11H5Cl4FN2O3. The molecule has 0 atom stereocenters. The molecule has 0 spiro atoms. The van der Waals surface area contributed by atoms with Gasteiger partial charge in [-0.1, -0.05) is 46.4 Å². The Hall–Kier alpha value is -1.08. The lowest BCUT2D eigenvalue weighted by Crippen LogP contribution is -2.48. The molecule has 0 radical (unpaired) electrons. The summed E-state index contributed by atoms with van der Waals surface area (Å²) in [7, 11) is 0. The van der Waals surface area contributed by atoms with Gasteiger partial charge in [-0.3, -0.25) is 14.9 Å². The number of hydrogen-bond donors (Lipinski definition) is 1. The first-order valence-corrected chi connectivity index (χ1v) is 6.85. The number of rotatable bonds is 0. The van der Waals surface area contributed by atoms with Crippen LogP contribution in [0.25, 0.3) is 0 Å². The Morgan fingerprint density at radius 1 is 1.29 bits per heavy atom. The van der Waals surface area contributed by atoms with E-state index < -0.39 is 27.5 Å². The van der Waals surface area contributed by atoms with Crippen molar-refractivity contribution in [2.75, 3.05) is 4.90 Å². The highest BCUT2D eigenvalue weighted by Crippen LogP contribution is 2.33. The highest BCUT2D eigenvalue weighted by Gasteiger charge is 2.38. The van der Waals surface area contributed by atoms with Crippen LogP contribution in [0.4, 0.5) is 14.9 Å². The van der Waals surface area contributed by atoms with Crippen LogP contribution < -0.4 is 10.2 Å². The lowest BCUT2D eigenvalue weighted by molar-refractivity contribution is -0.119. The van der Waals surface area contributed by atoms with E-state index in [-0.39, 0.29) is 22.7 Å². The molecule has 0 fully saturated rings. The molecule has 2 rings (SSSR count).